The van der Waals surface area contributed by atoms with Crippen LogP contribution in [0, 0.1) is 0 Å². The first-order valence-corrected chi connectivity index (χ1v) is 10.3. The van der Waals surface area contributed by atoms with Crippen LogP contribution in [-0.2, 0) is 6.42 Å². The van der Waals surface area contributed by atoms with Crippen LogP contribution in [0.1, 0.15) is 62.4 Å². The maximum Gasteiger partial charge on any atom is 0.322 e. The molecule has 0 bridgehead atoms. The van der Waals surface area contributed by atoms with E-state index in [0.717, 1.165) is 24.9 Å². The Morgan fingerprint density at radius 1 is 1.20 bits per heavy atom. The van der Waals surface area contributed by atoms with E-state index in [-0.39, 0.29) is 12.1 Å². The lowest BCUT2D eigenvalue weighted by Gasteiger charge is -2.38. The number of urea groups is 1. The highest BCUT2D eigenvalue weighted by Crippen LogP contribution is 2.32. The average Bonchev–Trinajstić information content (AvgIpc) is 3.18. The van der Waals surface area contributed by atoms with Gasteiger partial charge < -0.3 is 10.2 Å². The summed E-state index contributed by atoms with van der Waals surface area (Å²) >= 11 is 1.73. The van der Waals surface area contributed by atoms with Gasteiger partial charge in [-0.25, -0.2) is 4.79 Å². The summed E-state index contributed by atoms with van der Waals surface area (Å²) in [4.78, 5) is 16.5. The first kappa shape index (κ1) is 18.0. The molecule has 0 spiro atoms. The summed E-state index contributed by atoms with van der Waals surface area (Å²) in [6, 6.07) is 12.9. The number of nitrogens with zero attached hydrogens (tertiary/aromatic N) is 1. The van der Waals surface area contributed by atoms with Gasteiger partial charge in [0.05, 0.1) is 6.04 Å². The second-order valence-electron chi connectivity index (χ2n) is 6.87. The van der Waals surface area contributed by atoms with E-state index >= 15 is 0 Å². The molecule has 3 nitrogen and oxygen atoms in total. The van der Waals surface area contributed by atoms with Gasteiger partial charge in [-0.15, -0.1) is 11.3 Å². The molecule has 4 heteroatoms. The monoisotopic (exact) mass is 356 g/mol. The SMILES string of the molecule is CCc1ccc(NC(=O)N(C2CCCCC2)[C@H](C)c2cccs2)cc1. The van der Waals surface area contributed by atoms with Crippen LogP contribution < -0.4 is 5.32 Å². The molecule has 1 N–H and O–H groups in total. The third kappa shape index (κ3) is 4.43. The number of aryl methyl sites for hydroxylation is 1. The van der Waals surface area contributed by atoms with Gasteiger partial charge >= 0.3 is 6.03 Å². The summed E-state index contributed by atoms with van der Waals surface area (Å²) in [7, 11) is 0. The number of thiophene rings is 1. The summed E-state index contributed by atoms with van der Waals surface area (Å²) in [5, 5.41) is 5.21. The fourth-order valence-electron chi connectivity index (χ4n) is 3.70. The zero-order valence-corrected chi connectivity index (χ0v) is 16.0. The average molecular weight is 357 g/mol. The van der Waals surface area contributed by atoms with E-state index < -0.39 is 0 Å². The van der Waals surface area contributed by atoms with Crippen molar-refractivity contribution in [3.8, 4) is 0 Å². The molecule has 1 saturated carbocycles. The Kier molecular flexibility index (Phi) is 6.14. The number of benzene rings is 1. The van der Waals surface area contributed by atoms with Crippen LogP contribution in [0.3, 0.4) is 0 Å². The molecular formula is C21H28N2OS. The van der Waals surface area contributed by atoms with Crippen molar-refractivity contribution in [2.45, 2.75) is 64.5 Å². The first-order valence-electron chi connectivity index (χ1n) is 9.40. The normalized spacial score (nSPS) is 16.4. The van der Waals surface area contributed by atoms with Gasteiger partial charge in [0.15, 0.2) is 0 Å². The molecule has 1 aromatic heterocycles. The standard InChI is InChI=1S/C21H28N2OS/c1-3-17-11-13-18(14-12-17)22-21(24)23(19-8-5-4-6-9-19)16(2)20-10-7-15-25-20/h7,10-16,19H,3-6,8-9H2,1-2H3,(H,22,24)/t16-/m1/s1. The first-order chi connectivity index (χ1) is 12.2. The van der Waals surface area contributed by atoms with E-state index in [9.17, 15) is 4.79 Å². The smallest absolute Gasteiger partial charge is 0.314 e. The Hall–Kier alpha value is -1.81. The molecule has 0 saturated heterocycles. The molecule has 1 fully saturated rings. The van der Waals surface area contributed by atoms with E-state index in [4.69, 9.17) is 0 Å². The third-order valence-electron chi connectivity index (χ3n) is 5.19. The lowest BCUT2D eigenvalue weighted by molar-refractivity contribution is 0.140. The largest absolute Gasteiger partial charge is 0.322 e. The lowest BCUT2D eigenvalue weighted by Crippen LogP contribution is -2.45. The molecule has 1 atom stereocenters. The number of carbonyl (C=O) groups excluding carboxylic acids is 1. The Bertz CT molecular complexity index is 660. The minimum absolute atomic E-state index is 0.0250. The number of hydrogen-bond acceptors (Lipinski definition) is 2. The van der Waals surface area contributed by atoms with Gasteiger partial charge in [-0.2, -0.15) is 0 Å². The van der Waals surface area contributed by atoms with E-state index in [0.29, 0.717) is 6.04 Å². The van der Waals surface area contributed by atoms with Crippen LogP contribution in [0.15, 0.2) is 41.8 Å². The maximum atomic E-state index is 13.1. The van der Waals surface area contributed by atoms with Crippen molar-refractivity contribution in [3.63, 3.8) is 0 Å². The molecule has 2 aromatic rings. The molecule has 1 aliphatic rings. The lowest BCUT2D eigenvalue weighted by atomic mass is 9.93. The zero-order valence-electron chi connectivity index (χ0n) is 15.2. The van der Waals surface area contributed by atoms with Gasteiger partial charge in [-0.3, -0.25) is 0 Å². The van der Waals surface area contributed by atoms with Crippen LogP contribution in [0.25, 0.3) is 0 Å². The summed E-state index contributed by atoms with van der Waals surface area (Å²) < 4.78 is 0. The number of hydrogen-bond donors (Lipinski definition) is 1. The Morgan fingerprint density at radius 2 is 1.92 bits per heavy atom. The van der Waals surface area contributed by atoms with Gasteiger partial charge in [0.25, 0.3) is 0 Å². The molecule has 1 heterocycles. The molecule has 1 aliphatic carbocycles. The second-order valence-corrected chi connectivity index (χ2v) is 7.85. The maximum absolute atomic E-state index is 13.1. The van der Waals surface area contributed by atoms with Gasteiger partial charge in [0, 0.05) is 16.6 Å². The van der Waals surface area contributed by atoms with Crippen LogP contribution in [-0.4, -0.2) is 17.0 Å². The molecule has 0 aliphatic heterocycles. The molecule has 0 unspecified atom stereocenters. The van der Waals surface area contributed by atoms with E-state index in [1.807, 2.05) is 12.1 Å². The van der Waals surface area contributed by atoms with Crippen LogP contribution in [0.4, 0.5) is 10.5 Å². The predicted octanol–water partition coefficient (Wildman–Crippen LogP) is 6.24. The predicted molar refractivity (Wildman–Crippen MR) is 106 cm³/mol. The molecule has 25 heavy (non-hydrogen) atoms. The number of nitrogens with one attached hydrogen (secondary N) is 1. The number of rotatable bonds is 5. The highest BCUT2D eigenvalue weighted by Gasteiger charge is 2.30. The highest BCUT2D eigenvalue weighted by atomic mass is 32.1. The van der Waals surface area contributed by atoms with E-state index in [1.54, 1.807) is 11.3 Å². The van der Waals surface area contributed by atoms with Gasteiger partial charge in [-0.1, -0.05) is 44.4 Å². The quantitative estimate of drug-likeness (QED) is 0.676. The van der Waals surface area contributed by atoms with Crippen LogP contribution >= 0.6 is 11.3 Å². The third-order valence-corrected chi connectivity index (χ3v) is 6.23. The van der Waals surface area contributed by atoms with Crippen molar-refractivity contribution in [2.24, 2.45) is 0 Å². The van der Waals surface area contributed by atoms with Crippen molar-refractivity contribution >= 4 is 23.1 Å². The summed E-state index contributed by atoms with van der Waals surface area (Å²) in [6.45, 7) is 4.29. The summed E-state index contributed by atoms with van der Waals surface area (Å²) in [5.41, 5.74) is 2.16. The molecule has 3 rings (SSSR count). The molecule has 1 aromatic carbocycles. The van der Waals surface area contributed by atoms with E-state index in [1.165, 1.54) is 29.7 Å². The second kappa shape index (κ2) is 8.52. The topological polar surface area (TPSA) is 32.3 Å². The van der Waals surface area contributed by atoms with Crippen molar-refractivity contribution < 1.29 is 4.79 Å². The Labute approximate surface area is 155 Å². The van der Waals surface area contributed by atoms with E-state index in [2.05, 4.69) is 53.7 Å². The van der Waals surface area contributed by atoms with Gasteiger partial charge in [0.2, 0.25) is 0 Å². The van der Waals surface area contributed by atoms with Crippen molar-refractivity contribution in [2.75, 3.05) is 5.32 Å². The number of carbonyl (C=O) groups is 1. The number of amides is 2. The van der Waals surface area contributed by atoms with Gasteiger partial charge in [-0.05, 0) is 55.3 Å². The Balaban J connectivity index is 1.78. The van der Waals surface area contributed by atoms with Gasteiger partial charge in [0.1, 0.15) is 0 Å². The van der Waals surface area contributed by atoms with Crippen molar-refractivity contribution in [1.82, 2.24) is 4.90 Å². The molecule has 2 amide bonds. The fourth-order valence-corrected chi connectivity index (χ4v) is 4.48. The minimum atomic E-state index is 0.0250. The molecule has 0 radical (unpaired) electrons. The summed E-state index contributed by atoms with van der Waals surface area (Å²) in [6.07, 6.45) is 6.96. The van der Waals surface area contributed by atoms with Crippen LogP contribution in [0.2, 0.25) is 0 Å². The Morgan fingerprint density at radius 3 is 2.52 bits per heavy atom. The molecular weight excluding hydrogens is 328 g/mol. The number of anilines is 1. The fraction of sp³-hybridized carbons (Fsp3) is 0.476. The molecule has 134 valence electrons. The van der Waals surface area contributed by atoms with Crippen molar-refractivity contribution in [3.05, 3.63) is 52.2 Å². The van der Waals surface area contributed by atoms with Crippen molar-refractivity contribution in [1.29, 1.82) is 0 Å². The summed E-state index contributed by atoms with van der Waals surface area (Å²) in [5.74, 6) is 0. The highest BCUT2D eigenvalue weighted by molar-refractivity contribution is 7.10. The van der Waals surface area contributed by atoms with Crippen LogP contribution in [0.5, 0.6) is 0 Å². The minimum Gasteiger partial charge on any atom is -0.314 e. The zero-order chi connectivity index (χ0) is 17.6.